The van der Waals surface area contributed by atoms with Crippen LogP contribution in [0, 0.1) is 0 Å². The van der Waals surface area contributed by atoms with E-state index in [1.165, 1.54) is 0 Å². The molecule has 0 amide bonds. The monoisotopic (exact) mass is 367 g/mol. The van der Waals surface area contributed by atoms with E-state index in [1.807, 2.05) is 42.6 Å². The summed E-state index contributed by atoms with van der Waals surface area (Å²) in [6, 6.07) is 12.1. The van der Waals surface area contributed by atoms with Crippen LogP contribution in [0.2, 0.25) is 0 Å². The number of rotatable bonds is 6. The molecule has 7 heteroatoms. The second-order valence-corrected chi connectivity index (χ2v) is 7.26. The molecule has 1 saturated heterocycles. The Morgan fingerprint density at radius 3 is 2.96 bits per heavy atom. The number of likely N-dealkylation sites (N-methyl/N-ethyl adjacent to an activating group) is 1. The van der Waals surface area contributed by atoms with Crippen LogP contribution in [-0.2, 0) is 13.0 Å². The Bertz CT molecular complexity index is 869. The van der Waals surface area contributed by atoms with E-state index in [0.29, 0.717) is 6.54 Å². The lowest BCUT2D eigenvalue weighted by molar-refractivity contribution is -0.00610. The number of hydrogen-bond donors (Lipinski definition) is 1. The molecule has 7 nitrogen and oxygen atoms in total. The van der Waals surface area contributed by atoms with Crippen molar-refractivity contribution in [2.24, 2.45) is 0 Å². The predicted molar refractivity (Wildman–Crippen MR) is 102 cm³/mol. The van der Waals surface area contributed by atoms with Gasteiger partial charge in [0.1, 0.15) is 11.0 Å². The lowest BCUT2D eigenvalue weighted by atomic mass is 9.99. The van der Waals surface area contributed by atoms with Crippen molar-refractivity contribution in [1.82, 2.24) is 25.1 Å². The molecule has 27 heavy (non-hydrogen) atoms. The molecular weight excluding hydrogens is 342 g/mol. The molecule has 4 rings (SSSR count). The first-order valence-corrected chi connectivity index (χ1v) is 9.41. The molecule has 1 N–H and O–H groups in total. The molecule has 2 aromatic heterocycles. The first-order valence-electron chi connectivity index (χ1n) is 9.41. The molecular formula is C20H25N5O2. The highest BCUT2D eigenvalue weighted by Gasteiger charge is 2.30. The number of fused-ring (bicyclic) bond motifs is 1. The summed E-state index contributed by atoms with van der Waals surface area (Å²) in [5.74, 6) is 0. The van der Waals surface area contributed by atoms with Crippen LogP contribution in [0.25, 0.3) is 11.0 Å². The molecule has 1 aliphatic rings. The van der Waals surface area contributed by atoms with Crippen LogP contribution in [0.15, 0.2) is 47.2 Å². The number of aliphatic hydroxyl groups excluding tert-OH is 1. The fourth-order valence-corrected chi connectivity index (χ4v) is 3.88. The summed E-state index contributed by atoms with van der Waals surface area (Å²) in [6.07, 6.45) is 3.29. The Morgan fingerprint density at radius 2 is 2.15 bits per heavy atom. The van der Waals surface area contributed by atoms with Crippen molar-refractivity contribution in [1.29, 1.82) is 0 Å². The normalized spacial score (nSPS) is 21.1. The zero-order valence-corrected chi connectivity index (χ0v) is 15.5. The third-order valence-electron chi connectivity index (χ3n) is 5.41. The summed E-state index contributed by atoms with van der Waals surface area (Å²) in [5, 5.41) is 18.6. The largest absolute Gasteiger partial charge is 0.390 e. The van der Waals surface area contributed by atoms with Gasteiger partial charge in [-0.1, -0.05) is 18.2 Å². The van der Waals surface area contributed by atoms with Crippen molar-refractivity contribution in [2.45, 2.75) is 31.5 Å². The predicted octanol–water partition coefficient (Wildman–Crippen LogP) is 1.73. The molecule has 1 aliphatic heterocycles. The first kappa shape index (κ1) is 18.0. The maximum absolute atomic E-state index is 10.7. The lowest BCUT2D eigenvalue weighted by Crippen LogP contribution is -2.53. The maximum atomic E-state index is 10.7. The summed E-state index contributed by atoms with van der Waals surface area (Å²) in [4.78, 5) is 8.92. The smallest absolute Gasteiger partial charge is 0.139 e. The van der Waals surface area contributed by atoms with Crippen molar-refractivity contribution in [3.05, 3.63) is 53.9 Å². The fourth-order valence-electron chi connectivity index (χ4n) is 3.88. The Hall–Kier alpha value is -2.35. The Kier molecular flexibility index (Phi) is 5.42. The third-order valence-corrected chi connectivity index (χ3v) is 5.41. The summed E-state index contributed by atoms with van der Waals surface area (Å²) < 4.78 is 4.85. The van der Waals surface area contributed by atoms with Gasteiger partial charge in [0.05, 0.1) is 6.10 Å². The summed E-state index contributed by atoms with van der Waals surface area (Å²) >= 11 is 0. The van der Waals surface area contributed by atoms with Crippen molar-refractivity contribution in [3.63, 3.8) is 0 Å². The van der Waals surface area contributed by atoms with Gasteiger partial charge in [0.2, 0.25) is 0 Å². The Labute approximate surface area is 158 Å². The highest BCUT2D eigenvalue weighted by Crippen LogP contribution is 2.21. The fraction of sp³-hybridized carbons (Fsp3) is 0.450. The van der Waals surface area contributed by atoms with Crippen LogP contribution in [-0.4, -0.2) is 69.0 Å². The van der Waals surface area contributed by atoms with E-state index in [2.05, 4.69) is 32.1 Å². The molecule has 0 unspecified atom stereocenters. The van der Waals surface area contributed by atoms with E-state index in [0.717, 1.165) is 54.8 Å². The molecule has 3 heterocycles. The summed E-state index contributed by atoms with van der Waals surface area (Å²) in [5.41, 5.74) is 3.76. The average molecular weight is 367 g/mol. The quantitative estimate of drug-likeness (QED) is 0.711. The minimum absolute atomic E-state index is 0.175. The van der Waals surface area contributed by atoms with Gasteiger partial charge in [-0.2, -0.15) is 0 Å². The Morgan fingerprint density at radius 1 is 1.22 bits per heavy atom. The van der Waals surface area contributed by atoms with Crippen molar-refractivity contribution in [3.8, 4) is 0 Å². The second kappa shape index (κ2) is 8.12. The van der Waals surface area contributed by atoms with Crippen molar-refractivity contribution in [2.75, 3.05) is 26.7 Å². The minimum Gasteiger partial charge on any atom is -0.390 e. The van der Waals surface area contributed by atoms with Gasteiger partial charge in [-0.3, -0.25) is 9.88 Å². The molecule has 0 saturated carbocycles. The Balaban J connectivity index is 1.33. The number of nitrogens with zero attached hydrogens (tertiary/aromatic N) is 5. The molecule has 0 spiro atoms. The van der Waals surface area contributed by atoms with E-state index in [4.69, 9.17) is 4.63 Å². The number of pyridine rings is 1. The van der Waals surface area contributed by atoms with Gasteiger partial charge < -0.3 is 10.0 Å². The molecule has 1 fully saturated rings. The van der Waals surface area contributed by atoms with E-state index in [9.17, 15) is 5.11 Å². The van der Waals surface area contributed by atoms with Crippen molar-refractivity contribution >= 4 is 11.0 Å². The zero-order chi connectivity index (χ0) is 18.6. The first-order chi connectivity index (χ1) is 13.2. The van der Waals surface area contributed by atoms with Crippen LogP contribution < -0.4 is 0 Å². The number of β-amino-alcohol motifs (C(OH)–C–C–N with tert-alkyl or cyclic N) is 1. The molecule has 0 bridgehead atoms. The molecule has 1 aromatic carbocycles. The molecule has 0 aliphatic carbocycles. The second-order valence-electron chi connectivity index (χ2n) is 7.26. The standard InChI is InChI=1S/C20H25N5O2/c1-24(11-8-16-6-2-3-10-21-16)18-9-12-25(14-19(18)26)13-15-5-4-7-17-20(15)23-27-22-17/h2-7,10,18-19,26H,8-9,11-14H2,1H3/t18-,19-/m1/s1. The molecule has 142 valence electrons. The van der Waals surface area contributed by atoms with Gasteiger partial charge in [0.25, 0.3) is 0 Å². The van der Waals surface area contributed by atoms with Gasteiger partial charge >= 0.3 is 0 Å². The van der Waals surface area contributed by atoms with Gasteiger partial charge in [-0.15, -0.1) is 0 Å². The minimum atomic E-state index is -0.373. The number of aromatic nitrogens is 3. The van der Waals surface area contributed by atoms with E-state index < -0.39 is 0 Å². The maximum Gasteiger partial charge on any atom is 0.139 e. The lowest BCUT2D eigenvalue weighted by Gasteiger charge is -2.40. The topological polar surface area (TPSA) is 78.5 Å². The van der Waals surface area contributed by atoms with Crippen molar-refractivity contribution < 1.29 is 9.74 Å². The molecule has 0 radical (unpaired) electrons. The summed E-state index contributed by atoms with van der Waals surface area (Å²) in [6.45, 7) is 3.23. The number of hydrogen-bond acceptors (Lipinski definition) is 7. The van der Waals surface area contributed by atoms with Gasteiger partial charge in [-0.25, -0.2) is 4.63 Å². The number of benzene rings is 1. The van der Waals surface area contributed by atoms with Crippen LogP contribution in [0.3, 0.4) is 0 Å². The van der Waals surface area contributed by atoms with Crippen LogP contribution in [0.1, 0.15) is 17.7 Å². The number of aliphatic hydroxyl groups is 1. The van der Waals surface area contributed by atoms with Crippen LogP contribution in [0.4, 0.5) is 0 Å². The van der Waals surface area contributed by atoms with E-state index in [-0.39, 0.29) is 12.1 Å². The average Bonchev–Trinajstić information content (AvgIpc) is 3.17. The van der Waals surface area contributed by atoms with Gasteiger partial charge in [0, 0.05) is 50.5 Å². The zero-order valence-electron chi connectivity index (χ0n) is 15.5. The molecule has 3 aromatic rings. The van der Waals surface area contributed by atoms with Gasteiger partial charge in [-0.05, 0) is 47.5 Å². The highest BCUT2D eigenvalue weighted by molar-refractivity contribution is 5.76. The highest BCUT2D eigenvalue weighted by atomic mass is 16.6. The summed E-state index contributed by atoms with van der Waals surface area (Å²) in [7, 11) is 2.09. The molecule has 2 atom stereocenters. The SMILES string of the molecule is CN(CCc1ccccn1)[C@@H]1CCN(Cc2cccc3nonc23)C[C@H]1O. The van der Waals surface area contributed by atoms with Gasteiger partial charge in [0.15, 0.2) is 0 Å². The van der Waals surface area contributed by atoms with Crippen LogP contribution >= 0.6 is 0 Å². The third kappa shape index (κ3) is 4.16. The van der Waals surface area contributed by atoms with E-state index in [1.54, 1.807) is 0 Å². The number of piperidine rings is 1. The van der Waals surface area contributed by atoms with Crippen LogP contribution in [0.5, 0.6) is 0 Å². The van der Waals surface area contributed by atoms with E-state index >= 15 is 0 Å². The number of likely N-dealkylation sites (tertiary alicyclic amines) is 1.